The molecule has 0 spiro atoms. The van der Waals surface area contributed by atoms with Gasteiger partial charge in [0.15, 0.2) is 0 Å². The molecule has 0 unspecified atom stereocenters. The minimum absolute atomic E-state index is 0.123. The topological polar surface area (TPSA) is 66.1 Å². The number of H-pyrrole nitrogens is 1. The normalized spacial score (nSPS) is 13.6. The molecule has 2 aromatic carbocycles. The molecule has 0 saturated heterocycles. The Bertz CT molecular complexity index is 1050. The van der Waals surface area contributed by atoms with Gasteiger partial charge in [-0.1, -0.05) is 29.8 Å². The Morgan fingerprint density at radius 3 is 2.96 bits per heavy atom. The average Bonchev–Trinajstić information content (AvgIpc) is 2.67. The number of aromatic amines is 1. The van der Waals surface area contributed by atoms with Crippen molar-refractivity contribution in [2.24, 2.45) is 0 Å². The predicted octanol–water partition coefficient (Wildman–Crippen LogP) is 3.53. The largest absolute Gasteiger partial charge is 0.312 e. The van der Waals surface area contributed by atoms with E-state index >= 15 is 0 Å². The zero-order chi connectivity index (χ0) is 18.8. The minimum atomic E-state index is -0.123. The van der Waals surface area contributed by atoms with E-state index in [4.69, 9.17) is 0 Å². The van der Waals surface area contributed by atoms with Gasteiger partial charge in [-0.15, -0.1) is 0 Å². The zero-order valence-corrected chi connectivity index (χ0v) is 15.5. The van der Waals surface area contributed by atoms with Crippen LogP contribution in [0.2, 0.25) is 0 Å². The maximum absolute atomic E-state index is 12.7. The summed E-state index contributed by atoms with van der Waals surface area (Å²) < 4.78 is 0. The van der Waals surface area contributed by atoms with Crippen LogP contribution in [0.1, 0.15) is 36.2 Å². The van der Waals surface area contributed by atoms with Gasteiger partial charge >= 0.3 is 0 Å². The first-order chi connectivity index (χ1) is 13.1. The zero-order valence-electron chi connectivity index (χ0n) is 15.5. The lowest BCUT2D eigenvalue weighted by atomic mass is 9.99. The van der Waals surface area contributed by atoms with Crippen LogP contribution in [0, 0.1) is 6.92 Å². The SMILES string of the molecule is Cc1ccc2c(c1)CCCN2C(=O)CCCc1nc2ccccc2c(=O)[nH]1. The second-order valence-corrected chi connectivity index (χ2v) is 7.16. The molecule has 1 aliphatic heterocycles. The Hall–Kier alpha value is -2.95. The summed E-state index contributed by atoms with van der Waals surface area (Å²) in [5.41, 5.74) is 4.11. The summed E-state index contributed by atoms with van der Waals surface area (Å²) in [6.07, 6.45) is 3.73. The van der Waals surface area contributed by atoms with E-state index in [9.17, 15) is 9.59 Å². The van der Waals surface area contributed by atoms with Crippen molar-refractivity contribution in [3.05, 3.63) is 69.8 Å². The lowest BCUT2D eigenvalue weighted by Gasteiger charge is -2.30. The van der Waals surface area contributed by atoms with Crippen molar-refractivity contribution in [2.75, 3.05) is 11.4 Å². The maximum Gasteiger partial charge on any atom is 0.258 e. The van der Waals surface area contributed by atoms with Crippen LogP contribution in [0.4, 0.5) is 5.69 Å². The molecule has 2 heterocycles. The molecule has 5 nitrogen and oxygen atoms in total. The molecular weight excluding hydrogens is 338 g/mol. The van der Waals surface area contributed by atoms with E-state index in [0.717, 1.165) is 25.1 Å². The van der Waals surface area contributed by atoms with Crippen molar-refractivity contribution in [1.29, 1.82) is 0 Å². The fourth-order valence-corrected chi connectivity index (χ4v) is 3.78. The third kappa shape index (κ3) is 3.63. The second kappa shape index (κ2) is 7.35. The smallest absolute Gasteiger partial charge is 0.258 e. The van der Waals surface area contributed by atoms with Crippen LogP contribution in [0.15, 0.2) is 47.3 Å². The average molecular weight is 361 g/mol. The molecule has 1 aliphatic rings. The Labute approximate surface area is 158 Å². The number of nitrogens with one attached hydrogen (secondary N) is 1. The van der Waals surface area contributed by atoms with Gasteiger partial charge in [0.2, 0.25) is 5.91 Å². The number of rotatable bonds is 4. The Kier molecular flexibility index (Phi) is 4.75. The standard InChI is InChI=1S/C22H23N3O2/c1-15-11-12-19-16(14-15)6-5-13-25(19)21(26)10-4-9-20-23-18-8-3-2-7-17(18)22(27)24-20/h2-3,7-8,11-12,14H,4-6,9-10,13H2,1H3,(H,23,24,27). The first-order valence-electron chi connectivity index (χ1n) is 9.49. The number of nitrogens with zero attached hydrogens (tertiary/aromatic N) is 2. The highest BCUT2D eigenvalue weighted by Crippen LogP contribution is 2.28. The fraction of sp³-hybridized carbons (Fsp3) is 0.318. The van der Waals surface area contributed by atoms with Crippen LogP contribution in [-0.2, 0) is 17.6 Å². The number of aromatic nitrogens is 2. The van der Waals surface area contributed by atoms with Crippen molar-refractivity contribution < 1.29 is 4.79 Å². The van der Waals surface area contributed by atoms with Crippen LogP contribution in [0.5, 0.6) is 0 Å². The van der Waals surface area contributed by atoms with Gasteiger partial charge in [-0.3, -0.25) is 9.59 Å². The van der Waals surface area contributed by atoms with E-state index in [-0.39, 0.29) is 11.5 Å². The molecule has 5 heteroatoms. The fourth-order valence-electron chi connectivity index (χ4n) is 3.78. The lowest BCUT2D eigenvalue weighted by Crippen LogP contribution is -2.35. The molecule has 1 N–H and O–H groups in total. The van der Waals surface area contributed by atoms with E-state index in [1.54, 1.807) is 6.07 Å². The monoisotopic (exact) mass is 361 g/mol. The summed E-state index contributed by atoms with van der Waals surface area (Å²) in [6.45, 7) is 2.86. The Morgan fingerprint density at radius 2 is 2.07 bits per heavy atom. The van der Waals surface area contributed by atoms with Crippen molar-refractivity contribution >= 4 is 22.5 Å². The van der Waals surface area contributed by atoms with E-state index in [1.807, 2.05) is 23.1 Å². The number of carbonyl (C=O) groups is 1. The van der Waals surface area contributed by atoms with Gasteiger partial charge in [-0.2, -0.15) is 0 Å². The number of fused-ring (bicyclic) bond motifs is 2. The Balaban J connectivity index is 1.43. The summed E-state index contributed by atoms with van der Waals surface area (Å²) in [5, 5.41) is 0.595. The van der Waals surface area contributed by atoms with E-state index in [1.165, 1.54) is 11.1 Å². The van der Waals surface area contributed by atoms with Crippen molar-refractivity contribution in [1.82, 2.24) is 9.97 Å². The van der Waals surface area contributed by atoms with E-state index in [2.05, 4.69) is 35.1 Å². The summed E-state index contributed by atoms with van der Waals surface area (Å²) >= 11 is 0. The number of amides is 1. The molecule has 3 aromatic rings. The molecule has 1 aromatic heterocycles. The van der Waals surface area contributed by atoms with Gasteiger partial charge in [0.1, 0.15) is 5.82 Å². The van der Waals surface area contributed by atoms with Gasteiger partial charge in [0, 0.05) is 25.1 Å². The molecule has 0 aliphatic carbocycles. The molecule has 0 saturated carbocycles. The van der Waals surface area contributed by atoms with Gasteiger partial charge in [0.05, 0.1) is 10.9 Å². The van der Waals surface area contributed by atoms with E-state index in [0.29, 0.717) is 36.0 Å². The summed E-state index contributed by atoms with van der Waals surface area (Å²) in [6, 6.07) is 13.6. The highest BCUT2D eigenvalue weighted by molar-refractivity contribution is 5.94. The number of para-hydroxylation sites is 1. The third-order valence-electron chi connectivity index (χ3n) is 5.12. The minimum Gasteiger partial charge on any atom is -0.312 e. The first-order valence-corrected chi connectivity index (χ1v) is 9.49. The van der Waals surface area contributed by atoms with Crippen LogP contribution in [0.3, 0.4) is 0 Å². The lowest BCUT2D eigenvalue weighted by molar-refractivity contribution is -0.118. The molecule has 0 atom stereocenters. The number of benzene rings is 2. The van der Waals surface area contributed by atoms with Crippen LogP contribution >= 0.6 is 0 Å². The molecule has 1 amide bonds. The molecule has 0 radical (unpaired) electrons. The van der Waals surface area contributed by atoms with Crippen molar-refractivity contribution in [3.63, 3.8) is 0 Å². The highest BCUT2D eigenvalue weighted by atomic mass is 16.2. The van der Waals surface area contributed by atoms with Crippen molar-refractivity contribution in [2.45, 2.75) is 39.0 Å². The number of anilines is 1. The summed E-state index contributed by atoms with van der Waals surface area (Å²) in [7, 11) is 0. The Morgan fingerprint density at radius 1 is 1.22 bits per heavy atom. The molecule has 0 bridgehead atoms. The van der Waals surface area contributed by atoms with Crippen LogP contribution in [-0.4, -0.2) is 22.4 Å². The molecular formula is C22H23N3O2. The number of carbonyl (C=O) groups excluding carboxylic acids is 1. The van der Waals surface area contributed by atoms with Crippen LogP contribution < -0.4 is 10.5 Å². The second-order valence-electron chi connectivity index (χ2n) is 7.16. The maximum atomic E-state index is 12.7. The van der Waals surface area contributed by atoms with Gasteiger partial charge in [-0.05, 0) is 49.9 Å². The third-order valence-corrected chi connectivity index (χ3v) is 5.12. The predicted molar refractivity (Wildman–Crippen MR) is 107 cm³/mol. The van der Waals surface area contributed by atoms with Gasteiger partial charge in [0.25, 0.3) is 5.56 Å². The molecule has 138 valence electrons. The molecule has 0 fully saturated rings. The molecule has 4 rings (SSSR count). The number of hydrogen-bond donors (Lipinski definition) is 1. The highest BCUT2D eigenvalue weighted by Gasteiger charge is 2.22. The first kappa shape index (κ1) is 17.5. The molecule has 27 heavy (non-hydrogen) atoms. The van der Waals surface area contributed by atoms with Crippen LogP contribution in [0.25, 0.3) is 10.9 Å². The van der Waals surface area contributed by atoms with Gasteiger partial charge in [-0.25, -0.2) is 4.98 Å². The number of aryl methyl sites for hydroxylation is 3. The van der Waals surface area contributed by atoms with Crippen molar-refractivity contribution in [3.8, 4) is 0 Å². The van der Waals surface area contributed by atoms with E-state index < -0.39 is 0 Å². The van der Waals surface area contributed by atoms with Gasteiger partial charge < -0.3 is 9.88 Å². The number of hydrogen-bond acceptors (Lipinski definition) is 3. The summed E-state index contributed by atoms with van der Waals surface area (Å²) in [5.74, 6) is 0.782. The summed E-state index contributed by atoms with van der Waals surface area (Å²) in [4.78, 5) is 34.1. The quantitative estimate of drug-likeness (QED) is 0.773.